The van der Waals surface area contributed by atoms with Gasteiger partial charge in [-0.25, -0.2) is 0 Å². The van der Waals surface area contributed by atoms with Crippen LogP contribution in [0.1, 0.15) is 25.0 Å². The fourth-order valence-electron chi connectivity index (χ4n) is 1.22. The van der Waals surface area contributed by atoms with Crippen LogP contribution in [0.2, 0.25) is 0 Å². The summed E-state index contributed by atoms with van der Waals surface area (Å²) in [5.74, 6) is 0.342. The maximum Gasteiger partial charge on any atom is 0.308 e. The van der Waals surface area contributed by atoms with Crippen LogP contribution in [0.4, 0.5) is 0 Å². The van der Waals surface area contributed by atoms with Crippen molar-refractivity contribution in [3.8, 4) is 5.75 Å². The summed E-state index contributed by atoms with van der Waals surface area (Å²) in [4.78, 5) is 10.8. The number of aliphatic hydroxyl groups excluding tert-OH is 1. The lowest BCUT2D eigenvalue weighted by Gasteiger charge is -2.08. The molecule has 0 heterocycles. The minimum Gasteiger partial charge on any atom is -0.493 e. The topological polar surface area (TPSA) is 55.8 Å². The van der Waals surface area contributed by atoms with Gasteiger partial charge in [-0.1, -0.05) is 12.1 Å². The number of hydrogen-bond acceptors (Lipinski definition) is 4. The van der Waals surface area contributed by atoms with E-state index in [4.69, 9.17) is 4.74 Å². The third-order valence-corrected chi connectivity index (χ3v) is 2.14. The second-order valence-electron chi connectivity index (χ2n) is 3.42. The molecular formula is C12H16O4. The van der Waals surface area contributed by atoms with Gasteiger partial charge >= 0.3 is 5.97 Å². The molecule has 1 atom stereocenters. The fraction of sp³-hybridized carbons (Fsp3) is 0.417. The van der Waals surface area contributed by atoms with Crippen molar-refractivity contribution >= 4 is 5.97 Å². The molecule has 0 aliphatic carbocycles. The zero-order chi connectivity index (χ0) is 12.0. The van der Waals surface area contributed by atoms with Gasteiger partial charge in [-0.15, -0.1) is 0 Å². The van der Waals surface area contributed by atoms with Gasteiger partial charge in [-0.05, 0) is 24.6 Å². The quantitative estimate of drug-likeness (QED) is 0.773. The lowest BCUT2D eigenvalue weighted by molar-refractivity contribution is -0.141. The molecule has 0 bridgehead atoms. The number of aliphatic hydroxyl groups is 1. The zero-order valence-electron chi connectivity index (χ0n) is 9.47. The Morgan fingerprint density at radius 3 is 2.88 bits per heavy atom. The van der Waals surface area contributed by atoms with Gasteiger partial charge in [0, 0.05) is 0 Å². The molecule has 0 saturated carbocycles. The number of carbonyl (C=O) groups is 1. The molecular weight excluding hydrogens is 208 g/mol. The van der Waals surface area contributed by atoms with Crippen LogP contribution in [0.25, 0.3) is 0 Å². The van der Waals surface area contributed by atoms with Crippen LogP contribution in [0.15, 0.2) is 24.3 Å². The molecule has 1 N–H and O–H groups in total. The highest BCUT2D eigenvalue weighted by Crippen LogP contribution is 2.18. The first-order valence-electron chi connectivity index (χ1n) is 5.11. The van der Waals surface area contributed by atoms with E-state index in [1.165, 1.54) is 7.11 Å². The van der Waals surface area contributed by atoms with E-state index in [1.807, 2.05) is 6.07 Å². The number of rotatable bonds is 5. The SMILES string of the molecule is COC(=O)CCOc1cccc(C(C)O)c1. The lowest BCUT2D eigenvalue weighted by atomic mass is 10.1. The first kappa shape index (κ1) is 12.5. The molecule has 0 aromatic heterocycles. The van der Waals surface area contributed by atoms with Gasteiger partial charge in [0.05, 0.1) is 26.2 Å². The number of esters is 1. The monoisotopic (exact) mass is 224 g/mol. The fourth-order valence-corrected chi connectivity index (χ4v) is 1.22. The summed E-state index contributed by atoms with van der Waals surface area (Å²) in [5, 5.41) is 9.37. The Hall–Kier alpha value is -1.55. The van der Waals surface area contributed by atoms with Crippen LogP contribution < -0.4 is 4.74 Å². The third-order valence-electron chi connectivity index (χ3n) is 2.14. The van der Waals surface area contributed by atoms with Crippen LogP contribution in [-0.4, -0.2) is 24.8 Å². The van der Waals surface area contributed by atoms with Crippen molar-refractivity contribution in [3.05, 3.63) is 29.8 Å². The van der Waals surface area contributed by atoms with Crippen molar-refractivity contribution in [1.82, 2.24) is 0 Å². The van der Waals surface area contributed by atoms with E-state index in [1.54, 1.807) is 25.1 Å². The zero-order valence-corrected chi connectivity index (χ0v) is 9.47. The highest BCUT2D eigenvalue weighted by atomic mass is 16.5. The van der Waals surface area contributed by atoms with E-state index in [-0.39, 0.29) is 19.0 Å². The first-order chi connectivity index (χ1) is 7.63. The predicted molar refractivity (Wildman–Crippen MR) is 59.2 cm³/mol. The Morgan fingerprint density at radius 1 is 1.50 bits per heavy atom. The second-order valence-corrected chi connectivity index (χ2v) is 3.42. The normalized spacial score (nSPS) is 11.9. The molecule has 0 spiro atoms. The van der Waals surface area contributed by atoms with E-state index in [0.717, 1.165) is 5.56 Å². The van der Waals surface area contributed by atoms with Crippen LogP contribution in [-0.2, 0) is 9.53 Å². The molecule has 0 saturated heterocycles. The Labute approximate surface area is 94.8 Å². The maximum absolute atomic E-state index is 10.8. The summed E-state index contributed by atoms with van der Waals surface area (Å²) in [6, 6.07) is 7.15. The van der Waals surface area contributed by atoms with E-state index in [2.05, 4.69) is 4.74 Å². The Kier molecular flexibility index (Phi) is 4.79. The van der Waals surface area contributed by atoms with Crippen LogP contribution in [0.5, 0.6) is 5.75 Å². The summed E-state index contributed by atoms with van der Waals surface area (Å²) in [6.07, 6.45) is -0.306. The molecule has 0 aliphatic rings. The molecule has 0 amide bonds. The number of carbonyl (C=O) groups excluding carboxylic acids is 1. The van der Waals surface area contributed by atoms with Crippen LogP contribution >= 0.6 is 0 Å². The van der Waals surface area contributed by atoms with Gasteiger partial charge in [0.1, 0.15) is 5.75 Å². The maximum atomic E-state index is 10.8. The van der Waals surface area contributed by atoms with E-state index in [9.17, 15) is 9.90 Å². The average molecular weight is 224 g/mol. The Balaban J connectivity index is 2.48. The van der Waals surface area contributed by atoms with Crippen LogP contribution in [0.3, 0.4) is 0 Å². The molecule has 1 rings (SSSR count). The first-order valence-corrected chi connectivity index (χ1v) is 5.11. The Morgan fingerprint density at radius 2 is 2.25 bits per heavy atom. The number of hydrogen-bond donors (Lipinski definition) is 1. The summed E-state index contributed by atoms with van der Waals surface area (Å²) in [7, 11) is 1.34. The molecule has 0 fully saturated rings. The van der Waals surface area contributed by atoms with Gasteiger partial charge in [0.25, 0.3) is 0 Å². The highest BCUT2D eigenvalue weighted by molar-refractivity contribution is 5.69. The number of benzene rings is 1. The largest absolute Gasteiger partial charge is 0.493 e. The summed E-state index contributed by atoms with van der Waals surface area (Å²) in [6.45, 7) is 1.96. The molecule has 0 radical (unpaired) electrons. The van der Waals surface area contributed by atoms with Gasteiger partial charge in [0.15, 0.2) is 0 Å². The molecule has 16 heavy (non-hydrogen) atoms. The molecule has 1 unspecified atom stereocenters. The minimum atomic E-state index is -0.524. The van der Waals surface area contributed by atoms with Crippen molar-refractivity contribution in [2.24, 2.45) is 0 Å². The molecule has 0 aliphatic heterocycles. The van der Waals surface area contributed by atoms with Crippen molar-refractivity contribution in [1.29, 1.82) is 0 Å². The van der Waals surface area contributed by atoms with Crippen molar-refractivity contribution < 1.29 is 19.4 Å². The molecule has 1 aromatic rings. The summed E-state index contributed by atoms with van der Waals surface area (Å²) in [5.41, 5.74) is 0.788. The van der Waals surface area contributed by atoms with E-state index >= 15 is 0 Å². The van der Waals surface area contributed by atoms with Gasteiger partial charge in [-0.2, -0.15) is 0 Å². The van der Waals surface area contributed by atoms with Crippen LogP contribution in [0, 0.1) is 0 Å². The molecule has 1 aromatic carbocycles. The average Bonchev–Trinajstić information content (AvgIpc) is 2.29. The molecule has 4 nitrogen and oxygen atoms in total. The summed E-state index contributed by atoms with van der Waals surface area (Å²) < 4.78 is 9.85. The van der Waals surface area contributed by atoms with Gasteiger partial charge in [-0.3, -0.25) is 4.79 Å². The van der Waals surface area contributed by atoms with E-state index in [0.29, 0.717) is 5.75 Å². The van der Waals surface area contributed by atoms with Gasteiger partial charge < -0.3 is 14.6 Å². The summed E-state index contributed by atoms with van der Waals surface area (Å²) >= 11 is 0. The standard InChI is InChI=1S/C12H16O4/c1-9(13)10-4-3-5-11(8-10)16-7-6-12(14)15-2/h3-5,8-9,13H,6-7H2,1-2H3. The third kappa shape index (κ3) is 3.90. The lowest BCUT2D eigenvalue weighted by Crippen LogP contribution is -2.07. The van der Waals surface area contributed by atoms with Gasteiger partial charge in [0.2, 0.25) is 0 Å². The highest BCUT2D eigenvalue weighted by Gasteiger charge is 2.03. The molecule has 4 heteroatoms. The number of methoxy groups -OCH3 is 1. The number of ether oxygens (including phenoxy) is 2. The molecule has 88 valence electrons. The smallest absolute Gasteiger partial charge is 0.308 e. The second kappa shape index (κ2) is 6.12. The van der Waals surface area contributed by atoms with Crippen molar-refractivity contribution in [2.75, 3.05) is 13.7 Å². The minimum absolute atomic E-state index is 0.218. The van der Waals surface area contributed by atoms with E-state index < -0.39 is 6.10 Å². The Bertz CT molecular complexity index is 347. The predicted octanol–water partition coefficient (Wildman–Crippen LogP) is 1.68. The van der Waals surface area contributed by atoms with Crippen molar-refractivity contribution in [3.63, 3.8) is 0 Å². The van der Waals surface area contributed by atoms with Crippen molar-refractivity contribution in [2.45, 2.75) is 19.4 Å².